The number of carbonyl (C=O) groups is 1. The molecule has 2 aromatic carbocycles. The molecule has 0 heterocycles. The van der Waals surface area contributed by atoms with Gasteiger partial charge in [0.15, 0.2) is 0 Å². The maximum Gasteiger partial charge on any atom is 0.318 e. The lowest BCUT2D eigenvalue weighted by Crippen LogP contribution is -2.43. The van der Waals surface area contributed by atoms with E-state index in [4.69, 9.17) is 0 Å². The maximum atomic E-state index is 12.7. The average molecular weight is 308 g/mol. The van der Waals surface area contributed by atoms with Crippen LogP contribution >= 0.6 is 0 Å². The third-order valence-electron chi connectivity index (χ3n) is 4.40. The van der Waals surface area contributed by atoms with E-state index in [1.807, 2.05) is 41.3 Å². The molecule has 1 N–H and O–H groups in total. The van der Waals surface area contributed by atoms with Crippen LogP contribution in [0.3, 0.4) is 0 Å². The molecular formula is C20H24N2O. The quantitative estimate of drug-likeness (QED) is 0.875. The molecule has 1 saturated carbocycles. The molecule has 3 heteroatoms. The molecule has 0 atom stereocenters. The first kappa shape index (κ1) is 15.6. The molecule has 0 aromatic heterocycles. The van der Waals surface area contributed by atoms with Crippen molar-refractivity contribution in [1.29, 1.82) is 0 Å². The van der Waals surface area contributed by atoms with E-state index in [1.54, 1.807) is 0 Å². The summed E-state index contributed by atoms with van der Waals surface area (Å²) in [5.41, 5.74) is 2.31. The summed E-state index contributed by atoms with van der Waals surface area (Å²) in [6.45, 7) is 1.27. The highest BCUT2D eigenvalue weighted by atomic mass is 16.2. The number of hydrogen-bond donors (Lipinski definition) is 1. The first-order chi connectivity index (χ1) is 11.3. The molecule has 2 aromatic rings. The van der Waals surface area contributed by atoms with Gasteiger partial charge < -0.3 is 10.2 Å². The first-order valence-corrected chi connectivity index (χ1v) is 8.44. The van der Waals surface area contributed by atoms with E-state index >= 15 is 0 Å². The molecule has 0 saturated heterocycles. The second kappa shape index (κ2) is 7.82. The summed E-state index contributed by atoms with van der Waals surface area (Å²) in [7, 11) is 0. The van der Waals surface area contributed by atoms with Crippen LogP contribution in [-0.4, -0.2) is 17.0 Å². The Bertz CT molecular complexity index is 565. The van der Waals surface area contributed by atoms with Gasteiger partial charge >= 0.3 is 6.03 Å². The molecule has 120 valence electrons. The zero-order valence-corrected chi connectivity index (χ0v) is 13.4. The highest BCUT2D eigenvalue weighted by Gasteiger charge is 2.21. The van der Waals surface area contributed by atoms with E-state index in [-0.39, 0.29) is 6.03 Å². The second-order valence-corrected chi connectivity index (χ2v) is 6.26. The van der Waals surface area contributed by atoms with Crippen molar-refractivity contribution < 1.29 is 4.79 Å². The fourth-order valence-corrected chi connectivity index (χ4v) is 3.14. The summed E-state index contributed by atoms with van der Waals surface area (Å²) >= 11 is 0. The zero-order valence-electron chi connectivity index (χ0n) is 13.4. The van der Waals surface area contributed by atoms with Gasteiger partial charge in [-0.05, 0) is 24.0 Å². The summed E-state index contributed by atoms with van der Waals surface area (Å²) in [5.74, 6) is 0. The Hall–Kier alpha value is -2.29. The summed E-state index contributed by atoms with van der Waals surface area (Å²) < 4.78 is 0. The number of nitrogens with zero attached hydrogens (tertiary/aromatic N) is 1. The zero-order chi connectivity index (χ0) is 15.9. The van der Waals surface area contributed by atoms with Crippen LogP contribution in [0.25, 0.3) is 0 Å². The van der Waals surface area contributed by atoms with Gasteiger partial charge in [0.25, 0.3) is 0 Å². The summed E-state index contributed by atoms with van der Waals surface area (Å²) in [5, 5.41) is 3.21. The highest BCUT2D eigenvalue weighted by molar-refractivity contribution is 5.74. The lowest BCUT2D eigenvalue weighted by Gasteiger charge is -2.25. The van der Waals surface area contributed by atoms with E-state index in [2.05, 4.69) is 29.6 Å². The molecule has 2 amide bonds. The topological polar surface area (TPSA) is 32.3 Å². The van der Waals surface area contributed by atoms with Crippen LogP contribution in [0, 0.1) is 0 Å². The minimum atomic E-state index is 0.0459. The Balaban J connectivity index is 1.70. The minimum absolute atomic E-state index is 0.0459. The van der Waals surface area contributed by atoms with Crippen LogP contribution in [0.4, 0.5) is 4.79 Å². The lowest BCUT2D eigenvalue weighted by molar-refractivity contribution is 0.188. The van der Waals surface area contributed by atoms with Gasteiger partial charge in [-0.3, -0.25) is 0 Å². The van der Waals surface area contributed by atoms with E-state index in [0.29, 0.717) is 19.1 Å². The minimum Gasteiger partial charge on any atom is -0.335 e. The number of carbonyl (C=O) groups excluding carboxylic acids is 1. The van der Waals surface area contributed by atoms with Gasteiger partial charge in [0.2, 0.25) is 0 Å². The van der Waals surface area contributed by atoms with Crippen LogP contribution in [0.5, 0.6) is 0 Å². The molecule has 0 aliphatic heterocycles. The fourth-order valence-electron chi connectivity index (χ4n) is 3.14. The van der Waals surface area contributed by atoms with Gasteiger partial charge in [-0.2, -0.15) is 0 Å². The number of urea groups is 1. The molecule has 1 aliphatic rings. The third kappa shape index (κ3) is 4.59. The van der Waals surface area contributed by atoms with Crippen molar-refractivity contribution in [3.05, 3.63) is 71.8 Å². The van der Waals surface area contributed by atoms with Crippen LogP contribution in [0.1, 0.15) is 36.8 Å². The van der Waals surface area contributed by atoms with Gasteiger partial charge in [0.1, 0.15) is 0 Å². The number of hydrogen-bond acceptors (Lipinski definition) is 1. The van der Waals surface area contributed by atoms with E-state index in [0.717, 1.165) is 24.0 Å². The van der Waals surface area contributed by atoms with Crippen molar-refractivity contribution in [2.45, 2.75) is 44.8 Å². The third-order valence-corrected chi connectivity index (χ3v) is 4.40. The van der Waals surface area contributed by atoms with Crippen LogP contribution in [0.2, 0.25) is 0 Å². The van der Waals surface area contributed by atoms with Crippen molar-refractivity contribution in [3.63, 3.8) is 0 Å². The predicted octanol–water partition coefficient (Wildman–Crippen LogP) is 4.34. The van der Waals surface area contributed by atoms with Gasteiger partial charge in [-0.1, -0.05) is 73.5 Å². The number of benzene rings is 2. The smallest absolute Gasteiger partial charge is 0.318 e. The summed E-state index contributed by atoms with van der Waals surface area (Å²) in [4.78, 5) is 14.6. The second-order valence-electron chi connectivity index (χ2n) is 6.26. The SMILES string of the molecule is O=C(NC1CCCC1)N(Cc1ccccc1)Cc1ccccc1. The predicted molar refractivity (Wildman–Crippen MR) is 92.9 cm³/mol. The summed E-state index contributed by atoms with van der Waals surface area (Å²) in [6.07, 6.45) is 4.66. The molecule has 0 unspecified atom stereocenters. The molecular weight excluding hydrogens is 284 g/mol. The van der Waals surface area contributed by atoms with Crippen LogP contribution in [-0.2, 0) is 13.1 Å². The molecule has 0 bridgehead atoms. The number of nitrogens with one attached hydrogen (secondary N) is 1. The van der Waals surface area contributed by atoms with E-state index in [1.165, 1.54) is 12.8 Å². The van der Waals surface area contributed by atoms with Crippen molar-refractivity contribution in [2.75, 3.05) is 0 Å². The number of rotatable bonds is 5. The average Bonchev–Trinajstić information content (AvgIpc) is 3.09. The molecule has 23 heavy (non-hydrogen) atoms. The Morgan fingerprint density at radius 1 is 0.870 bits per heavy atom. The highest BCUT2D eigenvalue weighted by Crippen LogP contribution is 2.18. The Morgan fingerprint density at radius 2 is 1.35 bits per heavy atom. The van der Waals surface area contributed by atoms with Crippen molar-refractivity contribution in [2.24, 2.45) is 0 Å². The van der Waals surface area contributed by atoms with Crippen molar-refractivity contribution in [1.82, 2.24) is 10.2 Å². The van der Waals surface area contributed by atoms with Gasteiger partial charge in [0, 0.05) is 19.1 Å². The van der Waals surface area contributed by atoms with Gasteiger partial charge in [-0.15, -0.1) is 0 Å². The van der Waals surface area contributed by atoms with E-state index in [9.17, 15) is 4.79 Å². The maximum absolute atomic E-state index is 12.7. The lowest BCUT2D eigenvalue weighted by atomic mass is 10.1. The molecule has 3 rings (SSSR count). The molecule has 1 aliphatic carbocycles. The van der Waals surface area contributed by atoms with Gasteiger partial charge in [-0.25, -0.2) is 4.79 Å². The Morgan fingerprint density at radius 3 is 1.83 bits per heavy atom. The standard InChI is InChI=1S/C20H24N2O/c23-20(21-19-13-7-8-14-19)22(15-17-9-3-1-4-10-17)16-18-11-5-2-6-12-18/h1-6,9-12,19H,7-8,13-16H2,(H,21,23). The largest absolute Gasteiger partial charge is 0.335 e. The van der Waals surface area contributed by atoms with Crippen molar-refractivity contribution in [3.8, 4) is 0 Å². The Labute approximate surface area is 138 Å². The monoisotopic (exact) mass is 308 g/mol. The van der Waals surface area contributed by atoms with E-state index < -0.39 is 0 Å². The molecule has 0 spiro atoms. The molecule has 3 nitrogen and oxygen atoms in total. The first-order valence-electron chi connectivity index (χ1n) is 8.44. The molecule has 0 radical (unpaired) electrons. The fraction of sp³-hybridized carbons (Fsp3) is 0.350. The van der Waals surface area contributed by atoms with Crippen molar-refractivity contribution >= 4 is 6.03 Å². The number of amides is 2. The molecule has 1 fully saturated rings. The van der Waals surface area contributed by atoms with Gasteiger partial charge in [0.05, 0.1) is 0 Å². The summed E-state index contributed by atoms with van der Waals surface area (Å²) in [6, 6.07) is 20.8. The van der Waals surface area contributed by atoms with Crippen LogP contribution in [0.15, 0.2) is 60.7 Å². The normalized spacial score (nSPS) is 14.6. The van der Waals surface area contributed by atoms with Crippen LogP contribution < -0.4 is 5.32 Å². The Kier molecular flexibility index (Phi) is 5.30.